The van der Waals surface area contributed by atoms with E-state index in [-0.39, 0.29) is 11.5 Å². The van der Waals surface area contributed by atoms with Gasteiger partial charge >= 0.3 is 0 Å². The van der Waals surface area contributed by atoms with Gasteiger partial charge in [-0.05, 0) is 29.8 Å². The maximum atomic E-state index is 12.2. The van der Waals surface area contributed by atoms with Gasteiger partial charge in [0.25, 0.3) is 5.56 Å². The van der Waals surface area contributed by atoms with Gasteiger partial charge in [0.05, 0.1) is 17.8 Å². The number of H-pyrrole nitrogens is 1. The number of ether oxygens (including phenoxy) is 1. The van der Waals surface area contributed by atoms with Crippen LogP contribution in [0, 0.1) is 11.3 Å². The predicted molar refractivity (Wildman–Crippen MR) is 109 cm³/mol. The first-order valence-corrected chi connectivity index (χ1v) is 8.92. The molecule has 0 spiro atoms. The normalized spacial score (nSPS) is 10.6. The number of aromatic amines is 1. The standard InChI is InChI=1S/C20H16ClN5O2/c21-10-11-28-16-8-6-14(7-9-16)13-23-26-20-24-18(15-4-2-1-3-5-15)17(12-22)19(27)25-20/h1-9,13H,10-11H2,(H2,24,25,26,27). The molecule has 8 heteroatoms. The van der Waals surface area contributed by atoms with Crippen LogP contribution in [0.1, 0.15) is 11.1 Å². The largest absolute Gasteiger partial charge is 0.492 e. The van der Waals surface area contributed by atoms with Gasteiger partial charge in [-0.3, -0.25) is 9.78 Å². The molecule has 2 N–H and O–H groups in total. The van der Waals surface area contributed by atoms with Crippen LogP contribution in [0.2, 0.25) is 0 Å². The molecule has 3 aromatic rings. The summed E-state index contributed by atoms with van der Waals surface area (Å²) in [6, 6.07) is 18.2. The van der Waals surface area contributed by atoms with E-state index in [1.54, 1.807) is 18.3 Å². The molecule has 0 aliphatic heterocycles. The molecular weight excluding hydrogens is 378 g/mol. The summed E-state index contributed by atoms with van der Waals surface area (Å²) >= 11 is 5.59. The molecule has 28 heavy (non-hydrogen) atoms. The number of anilines is 1. The van der Waals surface area contributed by atoms with E-state index in [9.17, 15) is 10.1 Å². The number of benzene rings is 2. The first-order valence-electron chi connectivity index (χ1n) is 8.39. The maximum Gasteiger partial charge on any atom is 0.270 e. The molecule has 0 saturated carbocycles. The fourth-order valence-corrected chi connectivity index (χ4v) is 2.49. The lowest BCUT2D eigenvalue weighted by Gasteiger charge is -2.06. The molecule has 1 aromatic heterocycles. The number of alkyl halides is 1. The zero-order valence-electron chi connectivity index (χ0n) is 14.7. The van der Waals surface area contributed by atoms with E-state index in [0.717, 1.165) is 11.3 Å². The molecule has 1 heterocycles. The minimum Gasteiger partial charge on any atom is -0.492 e. The molecule has 0 aliphatic carbocycles. The number of rotatable bonds is 7. The van der Waals surface area contributed by atoms with E-state index in [1.807, 2.05) is 48.5 Å². The number of nitrogens with one attached hydrogen (secondary N) is 2. The number of aromatic nitrogens is 2. The number of nitrogens with zero attached hydrogens (tertiary/aromatic N) is 3. The van der Waals surface area contributed by atoms with E-state index >= 15 is 0 Å². The van der Waals surface area contributed by atoms with Crippen LogP contribution in [-0.2, 0) is 0 Å². The molecule has 0 unspecified atom stereocenters. The highest BCUT2D eigenvalue weighted by molar-refractivity contribution is 6.18. The lowest BCUT2D eigenvalue weighted by molar-refractivity contribution is 0.343. The first kappa shape index (κ1) is 19.1. The van der Waals surface area contributed by atoms with Crippen molar-refractivity contribution in [3.05, 3.63) is 76.1 Å². The zero-order chi connectivity index (χ0) is 19.8. The summed E-state index contributed by atoms with van der Waals surface area (Å²) in [5.41, 5.74) is 3.90. The van der Waals surface area contributed by atoms with Crippen molar-refractivity contribution < 1.29 is 4.74 Å². The zero-order valence-corrected chi connectivity index (χ0v) is 15.5. The van der Waals surface area contributed by atoms with E-state index in [1.165, 1.54) is 0 Å². The number of hydrogen-bond acceptors (Lipinski definition) is 6. The lowest BCUT2D eigenvalue weighted by Crippen LogP contribution is -2.16. The van der Waals surface area contributed by atoms with Crippen molar-refractivity contribution >= 4 is 23.8 Å². The Labute approximate surface area is 166 Å². The summed E-state index contributed by atoms with van der Waals surface area (Å²) in [5.74, 6) is 1.28. The van der Waals surface area contributed by atoms with Crippen molar-refractivity contribution in [3.8, 4) is 23.1 Å². The molecule has 7 nitrogen and oxygen atoms in total. The molecule has 2 aromatic carbocycles. The third-order valence-corrected chi connectivity index (χ3v) is 3.84. The van der Waals surface area contributed by atoms with Crippen LogP contribution in [0.4, 0.5) is 5.95 Å². The fraction of sp³-hybridized carbons (Fsp3) is 0.100. The van der Waals surface area contributed by atoms with Gasteiger partial charge in [0, 0.05) is 5.56 Å². The first-order chi connectivity index (χ1) is 13.7. The molecule has 0 aliphatic rings. The van der Waals surface area contributed by atoms with Crippen LogP contribution in [0.25, 0.3) is 11.3 Å². The quantitative estimate of drug-likeness (QED) is 0.364. The van der Waals surface area contributed by atoms with Crippen LogP contribution in [-0.4, -0.2) is 28.7 Å². The smallest absolute Gasteiger partial charge is 0.270 e. The second-order valence-corrected chi connectivity index (χ2v) is 5.97. The number of halogens is 1. The summed E-state index contributed by atoms with van der Waals surface area (Å²) in [5, 5.41) is 13.4. The summed E-state index contributed by atoms with van der Waals surface area (Å²) in [6.07, 6.45) is 1.58. The van der Waals surface area contributed by atoms with E-state index < -0.39 is 5.56 Å². The summed E-state index contributed by atoms with van der Waals surface area (Å²) in [4.78, 5) is 19.0. The molecular formula is C20H16ClN5O2. The maximum absolute atomic E-state index is 12.2. The van der Waals surface area contributed by atoms with E-state index in [2.05, 4.69) is 20.5 Å². The molecule has 0 fully saturated rings. The van der Waals surface area contributed by atoms with Crippen molar-refractivity contribution in [3.63, 3.8) is 0 Å². The molecule has 0 atom stereocenters. The van der Waals surface area contributed by atoms with Gasteiger partial charge in [-0.1, -0.05) is 30.3 Å². The van der Waals surface area contributed by atoms with Gasteiger partial charge < -0.3 is 4.74 Å². The number of nitriles is 1. The molecule has 0 bridgehead atoms. The highest BCUT2D eigenvalue weighted by atomic mass is 35.5. The van der Waals surface area contributed by atoms with Crippen LogP contribution < -0.4 is 15.7 Å². The van der Waals surface area contributed by atoms with Gasteiger partial charge in [0.15, 0.2) is 0 Å². The molecule has 3 rings (SSSR count). The van der Waals surface area contributed by atoms with Crippen molar-refractivity contribution in [2.75, 3.05) is 17.9 Å². The van der Waals surface area contributed by atoms with Crippen molar-refractivity contribution in [2.45, 2.75) is 0 Å². The second-order valence-electron chi connectivity index (χ2n) is 5.59. The fourth-order valence-electron chi connectivity index (χ4n) is 2.41. The van der Waals surface area contributed by atoms with Crippen LogP contribution in [0.15, 0.2) is 64.5 Å². The monoisotopic (exact) mass is 393 g/mol. The van der Waals surface area contributed by atoms with Crippen molar-refractivity contribution in [1.82, 2.24) is 9.97 Å². The minimum absolute atomic E-state index is 0.0479. The van der Waals surface area contributed by atoms with Crippen molar-refractivity contribution in [2.24, 2.45) is 5.10 Å². The van der Waals surface area contributed by atoms with Gasteiger partial charge in [-0.25, -0.2) is 10.4 Å². The van der Waals surface area contributed by atoms with E-state index in [4.69, 9.17) is 16.3 Å². The molecule has 0 amide bonds. The summed E-state index contributed by atoms with van der Waals surface area (Å²) in [7, 11) is 0. The highest BCUT2D eigenvalue weighted by Crippen LogP contribution is 2.19. The average molecular weight is 394 g/mol. The summed E-state index contributed by atoms with van der Waals surface area (Å²) < 4.78 is 5.41. The minimum atomic E-state index is -0.533. The molecule has 0 saturated heterocycles. The third kappa shape index (κ3) is 4.75. The van der Waals surface area contributed by atoms with Crippen LogP contribution >= 0.6 is 11.6 Å². The van der Waals surface area contributed by atoms with Gasteiger partial charge in [-0.2, -0.15) is 10.4 Å². The Morgan fingerprint density at radius 3 is 2.64 bits per heavy atom. The summed E-state index contributed by atoms with van der Waals surface area (Å²) in [6.45, 7) is 0.442. The highest BCUT2D eigenvalue weighted by Gasteiger charge is 2.12. The topological polar surface area (TPSA) is 103 Å². The van der Waals surface area contributed by atoms with Gasteiger partial charge in [-0.15, -0.1) is 11.6 Å². The second kappa shape index (κ2) is 9.35. The average Bonchev–Trinajstić information content (AvgIpc) is 2.73. The predicted octanol–water partition coefficient (Wildman–Crippen LogP) is 3.37. The lowest BCUT2D eigenvalue weighted by atomic mass is 10.1. The van der Waals surface area contributed by atoms with Crippen LogP contribution in [0.5, 0.6) is 5.75 Å². The Morgan fingerprint density at radius 1 is 1.21 bits per heavy atom. The van der Waals surface area contributed by atoms with Gasteiger partial charge in [0.2, 0.25) is 5.95 Å². The SMILES string of the molecule is N#Cc1c(-c2ccccc2)nc(NN=Cc2ccc(OCCCl)cc2)[nH]c1=O. The van der Waals surface area contributed by atoms with Gasteiger partial charge in [0.1, 0.15) is 24.0 Å². The Bertz CT molecular complexity index is 1060. The molecule has 140 valence electrons. The third-order valence-electron chi connectivity index (χ3n) is 3.69. The van der Waals surface area contributed by atoms with Crippen LogP contribution in [0.3, 0.4) is 0 Å². The Balaban J connectivity index is 1.78. The Hall–Kier alpha value is -3.63. The molecule has 0 radical (unpaired) electrons. The van der Waals surface area contributed by atoms with E-state index in [0.29, 0.717) is 23.7 Å². The van der Waals surface area contributed by atoms with Crippen molar-refractivity contribution in [1.29, 1.82) is 5.26 Å². The number of hydrazone groups is 1. The number of hydrogen-bond donors (Lipinski definition) is 2. The Kier molecular flexibility index (Phi) is 6.39. The Morgan fingerprint density at radius 2 is 1.96 bits per heavy atom.